The van der Waals surface area contributed by atoms with E-state index < -0.39 is 5.92 Å². The fourth-order valence-corrected chi connectivity index (χ4v) is 3.71. The highest BCUT2D eigenvalue weighted by atomic mass is 16.2. The molecule has 26 heavy (non-hydrogen) atoms. The predicted octanol–water partition coefficient (Wildman–Crippen LogP) is 4.30. The third kappa shape index (κ3) is 4.54. The molecule has 0 saturated heterocycles. The maximum Gasteiger partial charge on any atom is 0.151 e. The van der Waals surface area contributed by atoms with Crippen LogP contribution in [0.1, 0.15) is 49.1 Å². The molecule has 0 bridgehead atoms. The zero-order valence-corrected chi connectivity index (χ0v) is 14.9. The van der Waals surface area contributed by atoms with E-state index in [1.807, 2.05) is 48.5 Å². The van der Waals surface area contributed by atoms with Gasteiger partial charge in [-0.3, -0.25) is 14.4 Å². The SMILES string of the molecule is O=C(CCCCc1ccccc1)C1C(=O)CC(c2ccccc2)CC1=O. The van der Waals surface area contributed by atoms with Crippen LogP contribution in [0.15, 0.2) is 60.7 Å². The first-order valence-electron chi connectivity index (χ1n) is 9.32. The van der Waals surface area contributed by atoms with Crippen molar-refractivity contribution in [1.82, 2.24) is 0 Å². The number of hydrogen-bond donors (Lipinski definition) is 0. The maximum absolute atomic E-state index is 12.4. The normalized spacial score (nSPS) is 20.2. The molecule has 0 spiro atoms. The zero-order chi connectivity index (χ0) is 18.4. The molecule has 0 heterocycles. The molecule has 0 N–H and O–H groups in total. The largest absolute Gasteiger partial charge is 0.298 e. The van der Waals surface area contributed by atoms with Crippen molar-refractivity contribution in [2.45, 2.75) is 44.4 Å². The van der Waals surface area contributed by atoms with Gasteiger partial charge in [0.1, 0.15) is 5.92 Å². The van der Waals surface area contributed by atoms with Crippen LogP contribution >= 0.6 is 0 Å². The molecule has 0 atom stereocenters. The molecular formula is C23H24O3. The average Bonchev–Trinajstić information content (AvgIpc) is 2.66. The van der Waals surface area contributed by atoms with Crippen LogP contribution in [0.25, 0.3) is 0 Å². The Labute approximate surface area is 154 Å². The van der Waals surface area contributed by atoms with Gasteiger partial charge in [-0.1, -0.05) is 60.7 Å². The number of Topliss-reactive ketones (excluding diaryl/α,β-unsaturated/α-hetero) is 3. The first-order chi connectivity index (χ1) is 12.6. The molecule has 0 amide bonds. The van der Waals surface area contributed by atoms with Crippen molar-refractivity contribution in [3.63, 3.8) is 0 Å². The smallest absolute Gasteiger partial charge is 0.151 e. The Kier molecular flexibility index (Phi) is 6.11. The highest BCUT2D eigenvalue weighted by Gasteiger charge is 2.39. The van der Waals surface area contributed by atoms with Crippen LogP contribution in [0.4, 0.5) is 0 Å². The minimum atomic E-state index is -1.02. The van der Waals surface area contributed by atoms with Crippen molar-refractivity contribution >= 4 is 17.3 Å². The molecule has 0 radical (unpaired) electrons. The highest BCUT2D eigenvalue weighted by molar-refractivity contribution is 6.20. The van der Waals surface area contributed by atoms with E-state index in [1.165, 1.54) is 5.56 Å². The second-order valence-corrected chi connectivity index (χ2v) is 7.04. The van der Waals surface area contributed by atoms with Crippen molar-refractivity contribution < 1.29 is 14.4 Å². The number of unbranched alkanes of at least 4 members (excludes halogenated alkanes) is 1. The Morgan fingerprint density at radius 2 is 1.38 bits per heavy atom. The standard InChI is InChI=1S/C23H24O3/c24-20(14-8-7-11-17-9-3-1-4-10-17)23-21(25)15-19(16-22(23)26)18-12-5-2-6-13-18/h1-6,9-10,12-13,19,23H,7-8,11,14-16H2. The van der Waals surface area contributed by atoms with Crippen LogP contribution in [0.2, 0.25) is 0 Å². The third-order valence-electron chi connectivity index (χ3n) is 5.11. The average molecular weight is 348 g/mol. The van der Waals surface area contributed by atoms with Gasteiger partial charge in [-0.2, -0.15) is 0 Å². The Bertz CT molecular complexity index is 747. The number of hydrogen-bond acceptors (Lipinski definition) is 3. The first kappa shape index (κ1) is 18.2. The number of aryl methyl sites for hydroxylation is 1. The van der Waals surface area contributed by atoms with Gasteiger partial charge in [0.15, 0.2) is 17.3 Å². The molecular weight excluding hydrogens is 324 g/mol. The van der Waals surface area contributed by atoms with Gasteiger partial charge >= 0.3 is 0 Å². The number of benzene rings is 2. The van der Waals surface area contributed by atoms with Gasteiger partial charge in [-0.05, 0) is 36.3 Å². The molecule has 0 aliphatic heterocycles. The van der Waals surface area contributed by atoms with E-state index in [2.05, 4.69) is 12.1 Å². The van der Waals surface area contributed by atoms with Crippen LogP contribution in [0, 0.1) is 5.92 Å². The Hall–Kier alpha value is -2.55. The molecule has 3 nitrogen and oxygen atoms in total. The summed E-state index contributed by atoms with van der Waals surface area (Å²) in [6.07, 6.45) is 3.40. The van der Waals surface area contributed by atoms with Crippen LogP contribution in [-0.4, -0.2) is 17.3 Å². The second-order valence-electron chi connectivity index (χ2n) is 7.04. The zero-order valence-electron chi connectivity index (χ0n) is 14.9. The fraction of sp³-hybridized carbons (Fsp3) is 0.348. The first-order valence-corrected chi connectivity index (χ1v) is 9.32. The number of carbonyl (C=O) groups is 3. The quantitative estimate of drug-likeness (QED) is 0.554. The van der Waals surface area contributed by atoms with Gasteiger partial charge in [-0.15, -0.1) is 0 Å². The van der Waals surface area contributed by atoms with E-state index in [4.69, 9.17) is 0 Å². The Morgan fingerprint density at radius 3 is 2.00 bits per heavy atom. The lowest BCUT2D eigenvalue weighted by molar-refractivity contribution is -0.142. The Balaban J connectivity index is 1.50. The predicted molar refractivity (Wildman–Crippen MR) is 101 cm³/mol. The summed E-state index contributed by atoms with van der Waals surface area (Å²) >= 11 is 0. The van der Waals surface area contributed by atoms with Gasteiger partial charge < -0.3 is 0 Å². The fourth-order valence-electron chi connectivity index (χ4n) is 3.71. The van der Waals surface area contributed by atoms with Crippen LogP contribution in [0.3, 0.4) is 0 Å². The van der Waals surface area contributed by atoms with Gasteiger partial charge in [-0.25, -0.2) is 0 Å². The summed E-state index contributed by atoms with van der Waals surface area (Å²) in [6, 6.07) is 19.7. The molecule has 2 aromatic carbocycles. The monoisotopic (exact) mass is 348 g/mol. The van der Waals surface area contributed by atoms with Crippen LogP contribution in [-0.2, 0) is 20.8 Å². The number of rotatable bonds is 7. The lowest BCUT2D eigenvalue weighted by atomic mass is 9.75. The van der Waals surface area contributed by atoms with Crippen LogP contribution in [0.5, 0.6) is 0 Å². The molecule has 1 fully saturated rings. The highest BCUT2D eigenvalue weighted by Crippen LogP contribution is 2.32. The minimum Gasteiger partial charge on any atom is -0.298 e. The van der Waals surface area contributed by atoms with E-state index in [0.29, 0.717) is 12.8 Å². The minimum absolute atomic E-state index is 0.0849. The summed E-state index contributed by atoms with van der Waals surface area (Å²) in [4.78, 5) is 37.3. The number of carbonyl (C=O) groups excluding carboxylic acids is 3. The topological polar surface area (TPSA) is 51.2 Å². The van der Waals surface area contributed by atoms with Gasteiger partial charge in [0.05, 0.1) is 0 Å². The van der Waals surface area contributed by atoms with Gasteiger partial charge in [0, 0.05) is 19.3 Å². The summed E-state index contributed by atoms with van der Waals surface area (Å²) in [5.74, 6) is -1.71. The van der Waals surface area contributed by atoms with Crippen molar-refractivity contribution in [3.8, 4) is 0 Å². The molecule has 2 aromatic rings. The van der Waals surface area contributed by atoms with E-state index >= 15 is 0 Å². The summed E-state index contributed by atoms with van der Waals surface area (Å²) in [5.41, 5.74) is 2.25. The lowest BCUT2D eigenvalue weighted by Crippen LogP contribution is -2.38. The molecule has 3 rings (SSSR count). The van der Waals surface area contributed by atoms with Gasteiger partial charge in [0.25, 0.3) is 0 Å². The van der Waals surface area contributed by atoms with Gasteiger partial charge in [0.2, 0.25) is 0 Å². The Morgan fingerprint density at radius 1 is 0.808 bits per heavy atom. The van der Waals surface area contributed by atoms with E-state index in [0.717, 1.165) is 18.4 Å². The van der Waals surface area contributed by atoms with Crippen molar-refractivity contribution in [2.75, 3.05) is 0 Å². The van der Waals surface area contributed by atoms with E-state index in [9.17, 15) is 14.4 Å². The van der Waals surface area contributed by atoms with Crippen molar-refractivity contribution in [2.24, 2.45) is 5.92 Å². The van der Waals surface area contributed by atoms with E-state index in [1.54, 1.807) is 0 Å². The number of ketones is 3. The summed E-state index contributed by atoms with van der Waals surface area (Å²) in [5, 5.41) is 0. The molecule has 1 aliphatic carbocycles. The lowest BCUT2D eigenvalue weighted by Gasteiger charge is -2.25. The maximum atomic E-state index is 12.4. The summed E-state index contributed by atoms with van der Waals surface area (Å²) < 4.78 is 0. The molecule has 134 valence electrons. The van der Waals surface area contributed by atoms with Crippen molar-refractivity contribution in [3.05, 3.63) is 71.8 Å². The van der Waals surface area contributed by atoms with Crippen LogP contribution < -0.4 is 0 Å². The molecule has 1 aliphatic rings. The van der Waals surface area contributed by atoms with E-state index in [-0.39, 0.29) is 36.1 Å². The molecule has 0 aromatic heterocycles. The molecule has 3 heteroatoms. The van der Waals surface area contributed by atoms with Crippen molar-refractivity contribution in [1.29, 1.82) is 0 Å². The second kappa shape index (κ2) is 8.70. The third-order valence-corrected chi connectivity index (χ3v) is 5.11. The summed E-state index contributed by atoms with van der Waals surface area (Å²) in [7, 11) is 0. The molecule has 0 unspecified atom stereocenters. The summed E-state index contributed by atoms with van der Waals surface area (Å²) in [6.45, 7) is 0. The molecule has 1 saturated carbocycles.